The highest BCUT2D eigenvalue weighted by molar-refractivity contribution is 5.93. The lowest BCUT2D eigenvalue weighted by molar-refractivity contribution is -0.137. The van der Waals surface area contributed by atoms with Gasteiger partial charge in [0.05, 0.1) is 6.42 Å². The lowest BCUT2D eigenvalue weighted by atomic mass is 10.0. The fourth-order valence-electron chi connectivity index (χ4n) is 1.97. The average Bonchev–Trinajstić information content (AvgIpc) is 2.74. The Morgan fingerprint density at radius 1 is 1.37 bits per heavy atom. The van der Waals surface area contributed by atoms with E-state index < -0.39 is 11.5 Å². The predicted molar refractivity (Wildman–Crippen MR) is 73.1 cm³/mol. The van der Waals surface area contributed by atoms with Gasteiger partial charge in [0.2, 0.25) is 0 Å². The van der Waals surface area contributed by atoms with Gasteiger partial charge in [0, 0.05) is 24.8 Å². The molecule has 1 aromatic heterocycles. The van der Waals surface area contributed by atoms with E-state index in [-0.39, 0.29) is 18.9 Å². The van der Waals surface area contributed by atoms with Crippen molar-refractivity contribution in [3.05, 3.63) is 24.0 Å². The summed E-state index contributed by atoms with van der Waals surface area (Å²) in [6.07, 6.45) is 1.81. The van der Waals surface area contributed by atoms with Crippen LogP contribution in [-0.4, -0.2) is 38.5 Å². The second kappa shape index (κ2) is 5.91. The number of carboxylic acids is 1. The Balaban J connectivity index is 2.98. The molecule has 0 saturated carbocycles. The normalized spacial score (nSPS) is 11.4. The summed E-state index contributed by atoms with van der Waals surface area (Å²) in [4.78, 5) is 24.9. The number of aryl methyl sites for hydroxylation is 1. The highest BCUT2D eigenvalue weighted by Crippen LogP contribution is 2.18. The summed E-state index contributed by atoms with van der Waals surface area (Å²) in [5, 5.41) is 8.80. The molecule has 0 aromatic carbocycles. The quantitative estimate of drug-likeness (QED) is 0.889. The molecule has 1 aromatic rings. The lowest BCUT2D eigenvalue weighted by Crippen LogP contribution is -2.47. The lowest BCUT2D eigenvalue weighted by Gasteiger charge is -2.35. The Kier molecular flexibility index (Phi) is 4.75. The number of aliphatic carboxylic acids is 1. The van der Waals surface area contributed by atoms with Crippen LogP contribution in [0.15, 0.2) is 18.3 Å². The summed E-state index contributed by atoms with van der Waals surface area (Å²) in [6, 6.07) is 3.60. The van der Waals surface area contributed by atoms with Crippen LogP contribution in [0.1, 0.15) is 44.6 Å². The molecule has 1 N–H and O–H groups in total. The van der Waals surface area contributed by atoms with E-state index in [1.165, 1.54) is 0 Å². The van der Waals surface area contributed by atoms with Crippen LogP contribution in [0.25, 0.3) is 0 Å². The van der Waals surface area contributed by atoms with Crippen molar-refractivity contribution in [1.29, 1.82) is 0 Å². The third-order valence-electron chi connectivity index (χ3n) is 2.99. The fourth-order valence-corrected chi connectivity index (χ4v) is 1.97. The van der Waals surface area contributed by atoms with Crippen molar-refractivity contribution in [3.63, 3.8) is 0 Å². The Hall–Kier alpha value is -1.78. The number of rotatable bonds is 5. The van der Waals surface area contributed by atoms with E-state index in [1.807, 2.05) is 44.5 Å². The van der Waals surface area contributed by atoms with Crippen LogP contribution in [-0.2, 0) is 11.3 Å². The molecular weight excluding hydrogens is 244 g/mol. The van der Waals surface area contributed by atoms with Gasteiger partial charge in [-0.05, 0) is 39.8 Å². The minimum Gasteiger partial charge on any atom is -0.481 e. The molecule has 0 bridgehead atoms. The van der Waals surface area contributed by atoms with Crippen LogP contribution in [0.3, 0.4) is 0 Å². The highest BCUT2D eigenvalue weighted by Gasteiger charge is 2.28. The maximum absolute atomic E-state index is 12.6. The predicted octanol–water partition coefficient (Wildman–Crippen LogP) is 2.22. The first-order valence-electron chi connectivity index (χ1n) is 6.46. The molecule has 0 radical (unpaired) electrons. The number of hydrogen-bond acceptors (Lipinski definition) is 2. The van der Waals surface area contributed by atoms with Crippen LogP contribution in [0.5, 0.6) is 0 Å². The van der Waals surface area contributed by atoms with Gasteiger partial charge < -0.3 is 14.6 Å². The summed E-state index contributed by atoms with van der Waals surface area (Å²) >= 11 is 0. The van der Waals surface area contributed by atoms with Gasteiger partial charge in [-0.25, -0.2) is 0 Å². The molecule has 0 atom stereocenters. The molecule has 0 spiro atoms. The molecule has 0 unspecified atom stereocenters. The Morgan fingerprint density at radius 3 is 2.47 bits per heavy atom. The average molecular weight is 266 g/mol. The molecule has 0 fully saturated rings. The van der Waals surface area contributed by atoms with Crippen LogP contribution in [0, 0.1) is 0 Å². The third kappa shape index (κ3) is 3.84. The monoisotopic (exact) mass is 266 g/mol. The van der Waals surface area contributed by atoms with Gasteiger partial charge >= 0.3 is 5.97 Å². The molecule has 0 aliphatic rings. The number of aromatic nitrogens is 1. The minimum absolute atomic E-state index is 0.0458. The first-order chi connectivity index (χ1) is 8.77. The Morgan fingerprint density at radius 2 is 2.00 bits per heavy atom. The van der Waals surface area contributed by atoms with Crippen LogP contribution >= 0.6 is 0 Å². The van der Waals surface area contributed by atoms with E-state index in [1.54, 1.807) is 11.0 Å². The molecule has 1 amide bonds. The zero-order valence-corrected chi connectivity index (χ0v) is 12.0. The molecule has 19 heavy (non-hydrogen) atoms. The molecule has 106 valence electrons. The van der Waals surface area contributed by atoms with Gasteiger partial charge in [0.1, 0.15) is 5.69 Å². The number of amides is 1. The maximum atomic E-state index is 12.6. The second-order valence-corrected chi connectivity index (χ2v) is 5.45. The fraction of sp³-hybridized carbons (Fsp3) is 0.571. The van der Waals surface area contributed by atoms with Crippen molar-refractivity contribution in [2.24, 2.45) is 0 Å². The number of nitrogens with zero attached hydrogens (tertiary/aromatic N) is 2. The number of carboxylic acid groups (broad SMARTS) is 1. The van der Waals surface area contributed by atoms with Crippen LogP contribution in [0.4, 0.5) is 0 Å². The van der Waals surface area contributed by atoms with Gasteiger partial charge in [-0.15, -0.1) is 0 Å². The van der Waals surface area contributed by atoms with Gasteiger partial charge in [-0.2, -0.15) is 0 Å². The molecule has 0 saturated heterocycles. The van der Waals surface area contributed by atoms with Crippen LogP contribution in [0.2, 0.25) is 0 Å². The van der Waals surface area contributed by atoms with Gasteiger partial charge in [-0.1, -0.05) is 0 Å². The molecule has 5 nitrogen and oxygen atoms in total. The van der Waals surface area contributed by atoms with Crippen molar-refractivity contribution < 1.29 is 14.7 Å². The van der Waals surface area contributed by atoms with E-state index >= 15 is 0 Å². The van der Waals surface area contributed by atoms with E-state index in [9.17, 15) is 9.59 Å². The van der Waals surface area contributed by atoms with E-state index in [0.29, 0.717) is 12.2 Å². The first-order valence-corrected chi connectivity index (χ1v) is 6.46. The molecule has 0 aliphatic carbocycles. The van der Waals surface area contributed by atoms with Crippen molar-refractivity contribution >= 4 is 11.9 Å². The first kappa shape index (κ1) is 15.3. The number of hydrogen-bond donors (Lipinski definition) is 1. The molecule has 1 heterocycles. The van der Waals surface area contributed by atoms with Crippen molar-refractivity contribution in [2.45, 2.75) is 46.2 Å². The molecule has 0 aliphatic heterocycles. The van der Waals surface area contributed by atoms with Crippen LogP contribution < -0.4 is 0 Å². The number of carbonyl (C=O) groups excluding carboxylic acids is 1. The maximum Gasteiger partial charge on any atom is 0.305 e. The van der Waals surface area contributed by atoms with E-state index in [0.717, 1.165) is 0 Å². The summed E-state index contributed by atoms with van der Waals surface area (Å²) in [5.41, 5.74) is 0.192. The summed E-state index contributed by atoms with van der Waals surface area (Å²) in [7, 11) is 0. The molecular formula is C14H22N2O3. The van der Waals surface area contributed by atoms with Crippen molar-refractivity contribution in [1.82, 2.24) is 9.47 Å². The smallest absolute Gasteiger partial charge is 0.305 e. The van der Waals surface area contributed by atoms with E-state index in [2.05, 4.69) is 0 Å². The van der Waals surface area contributed by atoms with Gasteiger partial charge in [-0.3, -0.25) is 9.59 Å². The second-order valence-electron chi connectivity index (χ2n) is 5.45. The van der Waals surface area contributed by atoms with Crippen molar-refractivity contribution in [3.8, 4) is 0 Å². The highest BCUT2D eigenvalue weighted by atomic mass is 16.4. The third-order valence-corrected chi connectivity index (χ3v) is 2.99. The van der Waals surface area contributed by atoms with E-state index in [4.69, 9.17) is 5.11 Å². The van der Waals surface area contributed by atoms with Crippen molar-refractivity contribution in [2.75, 3.05) is 6.54 Å². The molecule has 1 rings (SSSR count). The van der Waals surface area contributed by atoms with Gasteiger partial charge in [0.15, 0.2) is 0 Å². The summed E-state index contributed by atoms with van der Waals surface area (Å²) in [6.45, 7) is 8.62. The topological polar surface area (TPSA) is 62.5 Å². The van der Waals surface area contributed by atoms with Gasteiger partial charge in [0.25, 0.3) is 5.91 Å². The zero-order chi connectivity index (χ0) is 14.6. The SMILES string of the molecule is CCn1cccc1C(=O)N(CCC(=O)O)C(C)(C)C. The standard InChI is InChI=1S/C14H22N2O3/c1-5-15-9-6-7-11(15)13(19)16(14(2,3)4)10-8-12(17)18/h6-7,9H,5,8,10H2,1-4H3,(H,17,18). The largest absolute Gasteiger partial charge is 0.481 e. The minimum atomic E-state index is -0.895. The summed E-state index contributed by atoms with van der Waals surface area (Å²) in [5.74, 6) is -1.02. The number of carbonyl (C=O) groups is 2. The Bertz CT molecular complexity index is 458. The summed E-state index contributed by atoms with van der Waals surface area (Å²) < 4.78 is 1.86. The Labute approximate surface area is 113 Å². The zero-order valence-electron chi connectivity index (χ0n) is 12.0. The molecule has 5 heteroatoms.